The number of aryl methyl sites for hydroxylation is 1. The third-order valence-corrected chi connectivity index (χ3v) is 4.88. The van der Waals surface area contributed by atoms with Gasteiger partial charge in [-0.05, 0) is 44.5 Å². The van der Waals surface area contributed by atoms with E-state index in [0.29, 0.717) is 18.7 Å². The van der Waals surface area contributed by atoms with Crippen molar-refractivity contribution >= 4 is 11.6 Å². The van der Waals surface area contributed by atoms with Gasteiger partial charge in [-0.1, -0.05) is 6.92 Å². The van der Waals surface area contributed by atoms with Crippen molar-refractivity contribution < 1.29 is 9.53 Å². The number of methoxy groups -OCH3 is 1. The van der Waals surface area contributed by atoms with Crippen LogP contribution in [-0.2, 0) is 6.42 Å². The van der Waals surface area contributed by atoms with Crippen LogP contribution in [0.5, 0.6) is 5.75 Å². The van der Waals surface area contributed by atoms with Gasteiger partial charge in [0.25, 0.3) is 5.91 Å². The largest absolute Gasteiger partial charge is 0.497 e. The minimum Gasteiger partial charge on any atom is -0.497 e. The summed E-state index contributed by atoms with van der Waals surface area (Å²) in [5.41, 5.74) is 2.59. The molecule has 2 heterocycles. The van der Waals surface area contributed by atoms with Crippen LogP contribution in [0.1, 0.15) is 36.8 Å². The Labute approximate surface area is 148 Å². The number of ether oxygens (including phenoxy) is 1. The molecule has 0 saturated carbocycles. The average Bonchev–Trinajstić information content (AvgIpc) is 3.09. The maximum absolute atomic E-state index is 12.9. The van der Waals surface area contributed by atoms with Crippen molar-refractivity contribution in [2.24, 2.45) is 0 Å². The molecular formula is C19H26N4O2. The van der Waals surface area contributed by atoms with Gasteiger partial charge in [-0.3, -0.25) is 9.89 Å². The standard InChI is InChI=1S/C19H26N4O2/c1-5-17-16(12-20-21-17)18(24)22-10-11-23(19(2,3)13-22)14-6-8-15(25-4)9-7-14/h6-9,12H,5,10-11,13H2,1-4H3,(H,20,21). The van der Waals surface area contributed by atoms with Gasteiger partial charge in [0.15, 0.2) is 0 Å². The molecule has 1 amide bonds. The van der Waals surface area contributed by atoms with E-state index in [1.807, 2.05) is 24.0 Å². The molecule has 134 valence electrons. The maximum atomic E-state index is 12.9. The number of anilines is 1. The molecule has 2 aromatic rings. The molecule has 0 atom stereocenters. The highest BCUT2D eigenvalue weighted by Gasteiger charge is 2.36. The maximum Gasteiger partial charge on any atom is 0.257 e. The second kappa shape index (κ2) is 6.78. The molecule has 0 bridgehead atoms. The first-order valence-electron chi connectivity index (χ1n) is 8.69. The van der Waals surface area contributed by atoms with Crippen molar-refractivity contribution in [2.75, 3.05) is 31.6 Å². The predicted molar refractivity (Wildman–Crippen MR) is 98.3 cm³/mol. The summed E-state index contributed by atoms with van der Waals surface area (Å²) < 4.78 is 5.24. The molecule has 1 saturated heterocycles. The van der Waals surface area contributed by atoms with E-state index in [9.17, 15) is 4.79 Å². The van der Waals surface area contributed by atoms with Crippen LogP contribution in [0.2, 0.25) is 0 Å². The number of piperazine rings is 1. The summed E-state index contributed by atoms with van der Waals surface area (Å²) in [7, 11) is 1.67. The van der Waals surface area contributed by atoms with Crippen LogP contribution in [0.25, 0.3) is 0 Å². The predicted octanol–water partition coefficient (Wildman–Crippen LogP) is 2.72. The Morgan fingerprint density at radius 3 is 2.60 bits per heavy atom. The molecule has 1 aliphatic heterocycles. The number of carbonyl (C=O) groups is 1. The number of aromatic amines is 1. The van der Waals surface area contributed by atoms with Crippen LogP contribution in [-0.4, -0.2) is 53.3 Å². The summed E-state index contributed by atoms with van der Waals surface area (Å²) in [4.78, 5) is 17.2. The number of nitrogens with zero attached hydrogens (tertiary/aromatic N) is 3. The Balaban J connectivity index is 1.76. The lowest BCUT2D eigenvalue weighted by Gasteiger charge is -2.48. The molecule has 1 aromatic heterocycles. The van der Waals surface area contributed by atoms with Crippen molar-refractivity contribution in [3.8, 4) is 5.75 Å². The lowest BCUT2D eigenvalue weighted by molar-refractivity contribution is 0.0685. The van der Waals surface area contributed by atoms with Crippen LogP contribution in [0.3, 0.4) is 0 Å². The first kappa shape index (κ1) is 17.3. The van der Waals surface area contributed by atoms with E-state index in [4.69, 9.17) is 4.74 Å². The molecule has 1 fully saturated rings. The van der Waals surface area contributed by atoms with E-state index in [1.165, 1.54) is 0 Å². The average molecular weight is 342 g/mol. The summed E-state index contributed by atoms with van der Waals surface area (Å²) in [6.45, 7) is 8.54. The minimum absolute atomic E-state index is 0.0630. The molecule has 0 aliphatic carbocycles. The Morgan fingerprint density at radius 1 is 1.28 bits per heavy atom. The lowest BCUT2D eigenvalue weighted by atomic mass is 9.97. The molecule has 1 aliphatic rings. The number of hydrogen-bond donors (Lipinski definition) is 1. The van der Waals surface area contributed by atoms with Crippen LogP contribution in [0.15, 0.2) is 30.5 Å². The van der Waals surface area contributed by atoms with E-state index in [-0.39, 0.29) is 11.4 Å². The highest BCUT2D eigenvalue weighted by atomic mass is 16.5. The minimum atomic E-state index is -0.154. The highest BCUT2D eigenvalue weighted by molar-refractivity contribution is 5.95. The van der Waals surface area contributed by atoms with Crippen molar-refractivity contribution in [2.45, 2.75) is 32.7 Å². The zero-order valence-corrected chi connectivity index (χ0v) is 15.4. The zero-order valence-electron chi connectivity index (χ0n) is 15.4. The molecule has 25 heavy (non-hydrogen) atoms. The van der Waals surface area contributed by atoms with Gasteiger partial charge in [0.05, 0.1) is 24.4 Å². The fourth-order valence-electron chi connectivity index (χ4n) is 3.51. The number of nitrogens with one attached hydrogen (secondary N) is 1. The second-order valence-corrected chi connectivity index (χ2v) is 7.00. The monoisotopic (exact) mass is 342 g/mol. The van der Waals surface area contributed by atoms with Gasteiger partial charge in [-0.15, -0.1) is 0 Å². The lowest BCUT2D eigenvalue weighted by Crippen LogP contribution is -2.60. The van der Waals surface area contributed by atoms with E-state index >= 15 is 0 Å². The molecule has 0 radical (unpaired) electrons. The Kier molecular flexibility index (Phi) is 4.70. The number of benzene rings is 1. The number of aromatic nitrogens is 2. The van der Waals surface area contributed by atoms with Gasteiger partial charge in [0.1, 0.15) is 5.75 Å². The second-order valence-electron chi connectivity index (χ2n) is 7.00. The van der Waals surface area contributed by atoms with Crippen molar-refractivity contribution in [1.82, 2.24) is 15.1 Å². The van der Waals surface area contributed by atoms with Crippen LogP contribution < -0.4 is 9.64 Å². The van der Waals surface area contributed by atoms with Gasteiger partial charge in [-0.2, -0.15) is 5.10 Å². The van der Waals surface area contributed by atoms with Gasteiger partial charge < -0.3 is 14.5 Å². The quantitative estimate of drug-likeness (QED) is 0.928. The Bertz CT molecular complexity index is 736. The summed E-state index contributed by atoms with van der Waals surface area (Å²) in [5.74, 6) is 0.912. The SMILES string of the molecule is CCc1[nH]ncc1C(=O)N1CCN(c2ccc(OC)cc2)C(C)(C)C1. The van der Waals surface area contributed by atoms with Crippen molar-refractivity contribution in [1.29, 1.82) is 0 Å². The molecule has 1 N–H and O–H groups in total. The third-order valence-electron chi connectivity index (χ3n) is 4.88. The molecule has 1 aromatic carbocycles. The number of rotatable bonds is 4. The number of amides is 1. The van der Waals surface area contributed by atoms with Gasteiger partial charge in [0.2, 0.25) is 0 Å². The summed E-state index contributed by atoms with van der Waals surface area (Å²) in [5, 5.41) is 6.95. The highest BCUT2D eigenvalue weighted by Crippen LogP contribution is 2.30. The fraction of sp³-hybridized carbons (Fsp3) is 0.474. The van der Waals surface area contributed by atoms with Crippen molar-refractivity contribution in [3.63, 3.8) is 0 Å². The smallest absolute Gasteiger partial charge is 0.257 e. The van der Waals surface area contributed by atoms with Crippen molar-refractivity contribution in [3.05, 3.63) is 41.7 Å². The summed E-state index contributed by atoms with van der Waals surface area (Å²) >= 11 is 0. The number of hydrogen-bond acceptors (Lipinski definition) is 4. The topological polar surface area (TPSA) is 61.5 Å². The van der Waals surface area contributed by atoms with E-state index in [0.717, 1.165) is 30.1 Å². The molecule has 6 nitrogen and oxygen atoms in total. The van der Waals surface area contributed by atoms with E-state index < -0.39 is 0 Å². The summed E-state index contributed by atoms with van der Waals surface area (Å²) in [6, 6.07) is 8.09. The van der Waals surface area contributed by atoms with Gasteiger partial charge >= 0.3 is 0 Å². The molecule has 0 unspecified atom stereocenters. The van der Waals surface area contributed by atoms with E-state index in [2.05, 4.69) is 41.1 Å². The molecule has 6 heteroatoms. The Hall–Kier alpha value is -2.50. The third kappa shape index (κ3) is 3.34. The van der Waals surface area contributed by atoms with Gasteiger partial charge in [0, 0.05) is 31.0 Å². The normalized spacial score (nSPS) is 16.8. The number of carbonyl (C=O) groups excluding carboxylic acids is 1. The Morgan fingerprint density at radius 2 is 2.00 bits per heavy atom. The van der Waals surface area contributed by atoms with E-state index in [1.54, 1.807) is 13.3 Å². The zero-order chi connectivity index (χ0) is 18.0. The summed E-state index contributed by atoms with van der Waals surface area (Å²) in [6.07, 6.45) is 2.42. The molecule has 3 rings (SSSR count). The fourth-order valence-corrected chi connectivity index (χ4v) is 3.51. The van der Waals surface area contributed by atoms with Crippen LogP contribution >= 0.6 is 0 Å². The molecule has 0 spiro atoms. The van der Waals surface area contributed by atoms with Crippen LogP contribution in [0.4, 0.5) is 5.69 Å². The van der Waals surface area contributed by atoms with Crippen LogP contribution in [0, 0.1) is 0 Å². The number of H-pyrrole nitrogens is 1. The first-order chi connectivity index (χ1) is 12.0. The molecular weight excluding hydrogens is 316 g/mol. The first-order valence-corrected chi connectivity index (χ1v) is 8.69. The van der Waals surface area contributed by atoms with Gasteiger partial charge in [-0.25, -0.2) is 0 Å².